The lowest BCUT2D eigenvalue weighted by molar-refractivity contribution is 0.152. The van der Waals surface area contributed by atoms with Crippen LogP contribution in [0.1, 0.15) is 12.5 Å². The number of hydrogen-bond donors (Lipinski definition) is 2. The van der Waals surface area contributed by atoms with Crippen molar-refractivity contribution >= 4 is 12.3 Å². The van der Waals surface area contributed by atoms with Gasteiger partial charge in [-0.05, 0) is 24.6 Å². The predicted octanol–water partition coefficient (Wildman–Crippen LogP) is 1.47. The minimum atomic E-state index is -0.603. The Labute approximate surface area is 87.4 Å². The smallest absolute Gasteiger partial charge is 0.427 e. The van der Waals surface area contributed by atoms with E-state index in [0.717, 1.165) is 0 Å². The highest BCUT2D eigenvalue weighted by Crippen LogP contribution is 2.08. The fourth-order valence-corrected chi connectivity index (χ4v) is 0.928. The molecule has 15 heavy (non-hydrogen) atoms. The van der Waals surface area contributed by atoms with Crippen LogP contribution in [0.4, 0.5) is 4.79 Å². The molecular weight excluding hydrogens is 196 g/mol. The van der Waals surface area contributed by atoms with Gasteiger partial charge in [0.2, 0.25) is 0 Å². The topological polar surface area (TPSA) is 70.9 Å². The SMILES string of the molecule is CCOC(=O)N/N=C\c1cccc(O)c1. The Kier molecular flexibility index (Phi) is 4.15. The molecule has 0 aliphatic heterocycles. The normalized spacial score (nSPS) is 10.2. The zero-order valence-corrected chi connectivity index (χ0v) is 8.30. The van der Waals surface area contributed by atoms with Gasteiger partial charge >= 0.3 is 6.09 Å². The Morgan fingerprint density at radius 3 is 3.13 bits per heavy atom. The van der Waals surface area contributed by atoms with Crippen molar-refractivity contribution in [2.45, 2.75) is 6.92 Å². The van der Waals surface area contributed by atoms with Gasteiger partial charge in [0.25, 0.3) is 0 Å². The first-order valence-electron chi connectivity index (χ1n) is 4.47. The second-order valence-corrected chi connectivity index (χ2v) is 2.69. The lowest BCUT2D eigenvalue weighted by atomic mass is 10.2. The number of aromatic hydroxyl groups is 1. The van der Waals surface area contributed by atoms with Crippen molar-refractivity contribution < 1.29 is 14.6 Å². The molecule has 0 unspecified atom stereocenters. The molecule has 0 atom stereocenters. The maximum atomic E-state index is 10.8. The van der Waals surface area contributed by atoms with E-state index in [1.165, 1.54) is 12.3 Å². The van der Waals surface area contributed by atoms with Crippen molar-refractivity contribution in [1.82, 2.24) is 5.43 Å². The number of benzene rings is 1. The molecule has 2 N–H and O–H groups in total. The van der Waals surface area contributed by atoms with E-state index in [-0.39, 0.29) is 5.75 Å². The molecular formula is C10H12N2O3. The molecule has 0 radical (unpaired) electrons. The van der Waals surface area contributed by atoms with Gasteiger partial charge in [-0.25, -0.2) is 10.2 Å². The quantitative estimate of drug-likeness (QED) is 0.583. The lowest BCUT2D eigenvalue weighted by Gasteiger charge is -1.98. The van der Waals surface area contributed by atoms with Crippen molar-refractivity contribution in [3.8, 4) is 5.75 Å². The van der Waals surface area contributed by atoms with Crippen LogP contribution in [0.3, 0.4) is 0 Å². The molecule has 5 heteroatoms. The number of amides is 1. The number of ether oxygens (including phenoxy) is 1. The number of phenolic OH excluding ortho intramolecular Hbond substituents is 1. The first-order valence-corrected chi connectivity index (χ1v) is 4.47. The van der Waals surface area contributed by atoms with Crippen LogP contribution in [0, 0.1) is 0 Å². The molecule has 1 aromatic rings. The summed E-state index contributed by atoms with van der Waals surface area (Å²) >= 11 is 0. The fraction of sp³-hybridized carbons (Fsp3) is 0.200. The van der Waals surface area contributed by atoms with E-state index in [4.69, 9.17) is 5.11 Å². The van der Waals surface area contributed by atoms with E-state index in [1.54, 1.807) is 25.1 Å². The maximum absolute atomic E-state index is 10.8. The van der Waals surface area contributed by atoms with Crippen LogP contribution in [-0.4, -0.2) is 24.0 Å². The van der Waals surface area contributed by atoms with Gasteiger partial charge in [-0.1, -0.05) is 12.1 Å². The molecule has 0 saturated carbocycles. The van der Waals surface area contributed by atoms with Gasteiger partial charge in [-0.15, -0.1) is 0 Å². The minimum absolute atomic E-state index is 0.148. The summed E-state index contributed by atoms with van der Waals surface area (Å²) in [5, 5.41) is 12.8. The molecule has 80 valence electrons. The van der Waals surface area contributed by atoms with Crippen molar-refractivity contribution in [3.05, 3.63) is 29.8 Å². The molecule has 0 heterocycles. The van der Waals surface area contributed by atoms with Crippen molar-refractivity contribution in [2.75, 3.05) is 6.61 Å². The minimum Gasteiger partial charge on any atom is -0.508 e. The van der Waals surface area contributed by atoms with E-state index in [9.17, 15) is 4.79 Å². The second kappa shape index (κ2) is 5.64. The molecule has 0 aromatic heterocycles. The number of nitrogens with one attached hydrogen (secondary N) is 1. The van der Waals surface area contributed by atoms with Crippen LogP contribution in [0.2, 0.25) is 0 Å². The van der Waals surface area contributed by atoms with Crippen molar-refractivity contribution in [3.63, 3.8) is 0 Å². The molecule has 0 spiro atoms. The number of carbonyl (C=O) groups excluding carboxylic acids is 1. The summed E-state index contributed by atoms with van der Waals surface area (Å²) in [4.78, 5) is 10.8. The number of hydrazone groups is 1. The van der Waals surface area contributed by atoms with Gasteiger partial charge in [0.05, 0.1) is 12.8 Å². The molecule has 0 aliphatic rings. The number of phenols is 1. The van der Waals surface area contributed by atoms with Gasteiger partial charge in [-0.2, -0.15) is 5.10 Å². The highest BCUT2D eigenvalue weighted by atomic mass is 16.5. The summed E-state index contributed by atoms with van der Waals surface area (Å²) in [5.74, 6) is 0.148. The van der Waals surface area contributed by atoms with Crippen LogP contribution in [0.25, 0.3) is 0 Å². The third kappa shape index (κ3) is 4.12. The lowest BCUT2D eigenvalue weighted by Crippen LogP contribution is -2.18. The number of rotatable bonds is 3. The average Bonchev–Trinajstić information content (AvgIpc) is 2.18. The highest BCUT2D eigenvalue weighted by molar-refractivity contribution is 5.81. The Balaban J connectivity index is 2.48. The summed E-state index contributed by atoms with van der Waals surface area (Å²) in [6.07, 6.45) is 0.810. The molecule has 1 aromatic carbocycles. The summed E-state index contributed by atoms with van der Waals surface area (Å²) in [6.45, 7) is 2.01. The third-order valence-corrected chi connectivity index (χ3v) is 1.52. The summed E-state index contributed by atoms with van der Waals surface area (Å²) in [5.41, 5.74) is 2.87. The molecule has 1 rings (SSSR count). The van der Waals surface area contributed by atoms with Gasteiger partial charge in [0.1, 0.15) is 5.75 Å². The van der Waals surface area contributed by atoms with E-state index in [2.05, 4.69) is 15.3 Å². The first kappa shape index (κ1) is 11.0. The zero-order valence-electron chi connectivity index (χ0n) is 8.30. The molecule has 5 nitrogen and oxygen atoms in total. The maximum Gasteiger partial charge on any atom is 0.427 e. The van der Waals surface area contributed by atoms with Crippen molar-refractivity contribution in [1.29, 1.82) is 0 Å². The Morgan fingerprint density at radius 2 is 2.47 bits per heavy atom. The number of nitrogens with zero attached hydrogens (tertiary/aromatic N) is 1. The Bertz CT molecular complexity index is 363. The summed E-state index contributed by atoms with van der Waals surface area (Å²) in [6, 6.07) is 6.50. The van der Waals surface area contributed by atoms with Crippen LogP contribution in [0.15, 0.2) is 29.4 Å². The van der Waals surface area contributed by atoms with E-state index in [0.29, 0.717) is 12.2 Å². The van der Waals surface area contributed by atoms with Crippen LogP contribution in [-0.2, 0) is 4.74 Å². The van der Waals surface area contributed by atoms with Crippen LogP contribution < -0.4 is 5.43 Å². The molecule has 0 saturated heterocycles. The van der Waals surface area contributed by atoms with E-state index < -0.39 is 6.09 Å². The third-order valence-electron chi connectivity index (χ3n) is 1.52. The fourth-order valence-electron chi connectivity index (χ4n) is 0.928. The van der Waals surface area contributed by atoms with Gasteiger partial charge in [0, 0.05) is 0 Å². The first-order chi connectivity index (χ1) is 7.22. The molecule has 0 aliphatic carbocycles. The molecule has 1 amide bonds. The zero-order chi connectivity index (χ0) is 11.1. The Morgan fingerprint density at radius 1 is 1.67 bits per heavy atom. The predicted molar refractivity (Wildman–Crippen MR) is 55.9 cm³/mol. The number of carbonyl (C=O) groups is 1. The Hall–Kier alpha value is -2.04. The van der Waals surface area contributed by atoms with Crippen LogP contribution in [0.5, 0.6) is 5.75 Å². The molecule has 0 fully saturated rings. The second-order valence-electron chi connectivity index (χ2n) is 2.69. The average molecular weight is 208 g/mol. The summed E-state index contributed by atoms with van der Waals surface area (Å²) in [7, 11) is 0. The van der Waals surface area contributed by atoms with E-state index in [1.807, 2.05) is 0 Å². The van der Waals surface area contributed by atoms with Gasteiger partial charge in [0.15, 0.2) is 0 Å². The largest absolute Gasteiger partial charge is 0.508 e. The molecule has 0 bridgehead atoms. The van der Waals surface area contributed by atoms with Crippen molar-refractivity contribution in [2.24, 2.45) is 5.10 Å². The number of hydrogen-bond acceptors (Lipinski definition) is 4. The monoisotopic (exact) mass is 208 g/mol. The van der Waals surface area contributed by atoms with Crippen LogP contribution >= 0.6 is 0 Å². The highest BCUT2D eigenvalue weighted by Gasteiger charge is 1.95. The van der Waals surface area contributed by atoms with E-state index >= 15 is 0 Å². The van der Waals surface area contributed by atoms with Gasteiger partial charge in [-0.3, -0.25) is 0 Å². The van der Waals surface area contributed by atoms with Gasteiger partial charge < -0.3 is 9.84 Å². The summed E-state index contributed by atoms with van der Waals surface area (Å²) < 4.78 is 4.59. The standard InChI is InChI=1S/C10H12N2O3/c1-2-15-10(14)12-11-7-8-4-3-5-9(13)6-8/h3-7,13H,2H2,1H3,(H,12,14)/b11-7-.